The molecular weight excluding hydrogens is 472 g/mol. The Labute approximate surface area is 201 Å². The molecule has 14 nitrogen and oxygen atoms in total. The van der Waals surface area contributed by atoms with E-state index >= 15 is 0 Å². The summed E-state index contributed by atoms with van der Waals surface area (Å²) in [6, 6.07) is -2.64. The van der Waals surface area contributed by atoms with Gasteiger partial charge >= 0.3 is 17.9 Å². The predicted molar refractivity (Wildman–Crippen MR) is 115 cm³/mol. The number of carboxylic acid groups (broad SMARTS) is 2. The van der Waals surface area contributed by atoms with E-state index in [0.29, 0.717) is 32.1 Å². The molecule has 2 aliphatic rings. The van der Waals surface area contributed by atoms with Gasteiger partial charge in [0.1, 0.15) is 11.8 Å². The molecule has 2 fully saturated rings. The van der Waals surface area contributed by atoms with E-state index in [1.807, 2.05) is 6.92 Å². The van der Waals surface area contributed by atoms with Gasteiger partial charge in [-0.2, -0.15) is 4.89 Å². The standard InChI is InChI=1S/C21H32N2O12/c1-2-3-10-16(34-21(28)13-7-5-9-15(23(31)32)18(13)20(26)27)35-33-11-12-6-4-8-14(22(29)30)17(12)19(24)25/h12-18H,2-11H2,1H3,(H,24,25)(H,26,27). The molecule has 0 bridgehead atoms. The van der Waals surface area contributed by atoms with Crippen LogP contribution in [-0.4, -0.2) is 62.9 Å². The van der Waals surface area contributed by atoms with E-state index in [1.54, 1.807) is 0 Å². The van der Waals surface area contributed by atoms with E-state index in [-0.39, 0.29) is 32.3 Å². The van der Waals surface area contributed by atoms with Crippen molar-refractivity contribution in [3.63, 3.8) is 0 Å². The van der Waals surface area contributed by atoms with Gasteiger partial charge in [-0.15, -0.1) is 0 Å². The highest BCUT2D eigenvalue weighted by Gasteiger charge is 2.50. The maximum Gasteiger partial charge on any atom is 0.314 e. The van der Waals surface area contributed by atoms with E-state index in [9.17, 15) is 44.8 Å². The summed E-state index contributed by atoms with van der Waals surface area (Å²) in [7, 11) is 0. The molecule has 0 amide bonds. The Kier molecular flexibility index (Phi) is 10.8. The van der Waals surface area contributed by atoms with Crippen LogP contribution in [0.1, 0.15) is 64.7 Å². The topological polar surface area (TPSA) is 206 Å². The minimum atomic E-state index is -1.53. The van der Waals surface area contributed by atoms with Crippen molar-refractivity contribution in [3.8, 4) is 0 Å². The number of nitrogens with zero attached hydrogens (tertiary/aromatic N) is 2. The first kappa shape index (κ1) is 28.4. The van der Waals surface area contributed by atoms with E-state index in [1.165, 1.54) is 0 Å². The van der Waals surface area contributed by atoms with Crippen LogP contribution in [0.25, 0.3) is 0 Å². The fourth-order valence-electron chi connectivity index (χ4n) is 4.98. The zero-order valence-electron chi connectivity index (χ0n) is 19.5. The molecule has 0 aliphatic heterocycles. The number of ether oxygens (including phenoxy) is 1. The number of carboxylic acids is 2. The van der Waals surface area contributed by atoms with Crippen molar-refractivity contribution < 1.29 is 49.0 Å². The Morgan fingerprint density at radius 2 is 1.51 bits per heavy atom. The molecule has 2 rings (SSSR count). The maximum absolute atomic E-state index is 12.8. The van der Waals surface area contributed by atoms with Crippen molar-refractivity contribution >= 4 is 17.9 Å². The summed E-state index contributed by atoms with van der Waals surface area (Å²) in [5.74, 6) is -8.38. The number of carbonyl (C=O) groups is 3. The molecule has 0 aromatic carbocycles. The van der Waals surface area contributed by atoms with Crippen LogP contribution in [0.2, 0.25) is 0 Å². The Balaban J connectivity index is 2.03. The van der Waals surface area contributed by atoms with Gasteiger partial charge in [-0.05, 0) is 32.1 Å². The van der Waals surface area contributed by atoms with Gasteiger partial charge < -0.3 is 14.9 Å². The Morgan fingerprint density at radius 1 is 0.943 bits per heavy atom. The fourth-order valence-corrected chi connectivity index (χ4v) is 4.98. The van der Waals surface area contributed by atoms with Gasteiger partial charge in [-0.25, -0.2) is 4.89 Å². The molecule has 2 N–H and O–H groups in total. The molecule has 0 radical (unpaired) electrons. The van der Waals surface area contributed by atoms with Crippen molar-refractivity contribution in [2.45, 2.75) is 83.1 Å². The summed E-state index contributed by atoms with van der Waals surface area (Å²) in [6.07, 6.45) is 1.64. The van der Waals surface area contributed by atoms with Gasteiger partial charge in [0.25, 0.3) is 0 Å². The molecule has 7 atom stereocenters. The second-order valence-corrected chi connectivity index (χ2v) is 9.05. The Hall–Kier alpha value is -2.87. The smallest absolute Gasteiger partial charge is 0.314 e. The van der Waals surface area contributed by atoms with Crippen LogP contribution < -0.4 is 0 Å². The molecule has 2 saturated carbocycles. The lowest BCUT2D eigenvalue weighted by Crippen LogP contribution is -2.46. The largest absolute Gasteiger partial charge is 0.481 e. The second kappa shape index (κ2) is 13.3. The summed E-state index contributed by atoms with van der Waals surface area (Å²) in [4.78, 5) is 67.8. The monoisotopic (exact) mass is 504 g/mol. The van der Waals surface area contributed by atoms with Gasteiger partial charge in [0, 0.05) is 35.0 Å². The Morgan fingerprint density at radius 3 is 2.06 bits per heavy atom. The third-order valence-electron chi connectivity index (χ3n) is 6.77. The van der Waals surface area contributed by atoms with Crippen molar-refractivity contribution in [1.29, 1.82) is 0 Å². The lowest BCUT2D eigenvalue weighted by atomic mass is 9.76. The van der Waals surface area contributed by atoms with E-state index in [2.05, 4.69) is 0 Å². The number of esters is 1. The lowest BCUT2D eigenvalue weighted by molar-refractivity contribution is -0.536. The molecule has 0 saturated heterocycles. The number of carbonyl (C=O) groups excluding carboxylic acids is 1. The fraction of sp³-hybridized carbons (Fsp3) is 0.857. The van der Waals surface area contributed by atoms with Gasteiger partial charge in [0.2, 0.25) is 18.4 Å². The molecule has 0 spiro atoms. The quantitative estimate of drug-likeness (QED) is 0.122. The van der Waals surface area contributed by atoms with Crippen LogP contribution in [0.4, 0.5) is 0 Å². The van der Waals surface area contributed by atoms with Crippen molar-refractivity contribution in [1.82, 2.24) is 0 Å². The number of rotatable bonds is 13. The van der Waals surface area contributed by atoms with Crippen molar-refractivity contribution in [2.75, 3.05) is 6.61 Å². The third-order valence-corrected chi connectivity index (χ3v) is 6.77. The summed E-state index contributed by atoms with van der Waals surface area (Å²) >= 11 is 0. The maximum atomic E-state index is 12.8. The van der Waals surface area contributed by atoms with Crippen molar-refractivity contribution in [3.05, 3.63) is 20.2 Å². The molecule has 7 unspecified atom stereocenters. The average molecular weight is 504 g/mol. The first-order valence-corrected chi connectivity index (χ1v) is 11.8. The zero-order valence-corrected chi connectivity index (χ0v) is 19.5. The van der Waals surface area contributed by atoms with Crippen molar-refractivity contribution in [2.24, 2.45) is 23.7 Å². The third kappa shape index (κ3) is 7.56. The van der Waals surface area contributed by atoms with E-state index in [4.69, 9.17) is 14.5 Å². The first-order chi connectivity index (χ1) is 16.6. The van der Waals surface area contributed by atoms with Crippen LogP contribution in [0.3, 0.4) is 0 Å². The van der Waals surface area contributed by atoms with Crippen LogP contribution in [0.15, 0.2) is 0 Å². The molecular formula is C21H32N2O12. The molecule has 2 aliphatic carbocycles. The van der Waals surface area contributed by atoms with Crippen LogP contribution in [0, 0.1) is 43.9 Å². The van der Waals surface area contributed by atoms with Crippen LogP contribution >= 0.6 is 0 Å². The minimum absolute atomic E-state index is 0.0455. The number of unbranched alkanes of at least 4 members (excludes halogenated alkanes) is 1. The zero-order chi connectivity index (χ0) is 26.1. The number of nitro groups is 2. The average Bonchev–Trinajstić information content (AvgIpc) is 2.81. The van der Waals surface area contributed by atoms with Crippen LogP contribution in [-0.2, 0) is 28.9 Å². The van der Waals surface area contributed by atoms with Gasteiger partial charge in [-0.3, -0.25) is 34.6 Å². The van der Waals surface area contributed by atoms with Crippen LogP contribution in [0.5, 0.6) is 0 Å². The minimum Gasteiger partial charge on any atom is -0.481 e. The Bertz CT molecular complexity index is 790. The summed E-state index contributed by atoms with van der Waals surface area (Å²) in [5.41, 5.74) is 0. The molecule has 14 heteroatoms. The highest BCUT2D eigenvalue weighted by atomic mass is 17.2. The molecule has 35 heavy (non-hydrogen) atoms. The molecule has 0 aromatic rings. The molecule has 198 valence electrons. The highest BCUT2D eigenvalue weighted by molar-refractivity contribution is 5.81. The van der Waals surface area contributed by atoms with Gasteiger partial charge in [0.15, 0.2) is 0 Å². The number of hydrogen-bond acceptors (Lipinski definition) is 10. The number of hydrogen-bond donors (Lipinski definition) is 2. The summed E-state index contributed by atoms with van der Waals surface area (Å²) in [6.45, 7) is 1.60. The first-order valence-electron chi connectivity index (χ1n) is 11.8. The van der Waals surface area contributed by atoms with Gasteiger partial charge in [-0.1, -0.05) is 13.3 Å². The predicted octanol–water partition coefficient (Wildman–Crippen LogP) is 2.29. The normalized spacial score (nSPS) is 29.6. The molecule has 0 heterocycles. The van der Waals surface area contributed by atoms with E-state index in [0.717, 1.165) is 0 Å². The number of aliphatic carboxylic acids is 2. The van der Waals surface area contributed by atoms with E-state index < -0.39 is 69.8 Å². The lowest BCUT2D eigenvalue weighted by Gasteiger charge is -2.31. The SMILES string of the molecule is CCCCC(OOCC1CCCC([N+](=O)[O-])C1C(=O)O)OC(=O)C1CCCC([N+](=O)[O-])C1C(=O)O. The highest BCUT2D eigenvalue weighted by Crippen LogP contribution is 2.35. The van der Waals surface area contributed by atoms with Gasteiger partial charge in [0.05, 0.1) is 12.5 Å². The summed E-state index contributed by atoms with van der Waals surface area (Å²) < 4.78 is 5.33. The second-order valence-electron chi connectivity index (χ2n) is 9.05. The molecule has 0 aromatic heterocycles. The summed E-state index contributed by atoms with van der Waals surface area (Å²) in [5, 5.41) is 41.5.